The second-order valence-corrected chi connectivity index (χ2v) is 6.94. The van der Waals surface area contributed by atoms with Crippen molar-refractivity contribution in [3.63, 3.8) is 0 Å². The van der Waals surface area contributed by atoms with Gasteiger partial charge in [0.25, 0.3) is 5.91 Å². The first-order chi connectivity index (χ1) is 10.0. The van der Waals surface area contributed by atoms with E-state index in [4.69, 9.17) is 10.5 Å². The lowest BCUT2D eigenvalue weighted by Crippen LogP contribution is -2.25. The molecule has 21 heavy (non-hydrogen) atoms. The fourth-order valence-corrected chi connectivity index (χ4v) is 3.13. The van der Waals surface area contributed by atoms with Crippen LogP contribution < -0.4 is 21.1 Å². The van der Waals surface area contributed by atoms with Crippen molar-refractivity contribution in [2.45, 2.75) is 45.6 Å². The van der Waals surface area contributed by atoms with Crippen LogP contribution in [0.4, 0.5) is 10.7 Å². The number of nitrogens with two attached hydrogens (primary N) is 1. The number of rotatable bonds is 8. The Morgan fingerprint density at radius 1 is 1.48 bits per heavy atom. The lowest BCUT2D eigenvalue weighted by Gasteiger charge is -2.08. The molecule has 1 aromatic heterocycles. The number of thiophene rings is 1. The molecule has 0 aliphatic heterocycles. The summed E-state index contributed by atoms with van der Waals surface area (Å²) in [5, 5.41) is 7.15. The third-order valence-corrected chi connectivity index (χ3v) is 4.61. The molecule has 0 aromatic carbocycles. The van der Waals surface area contributed by atoms with Crippen LogP contribution in [0.2, 0.25) is 0 Å². The second-order valence-electron chi connectivity index (χ2n) is 5.92. The molecule has 0 radical (unpaired) electrons. The number of nitrogen functional groups attached to an aromatic ring is 1. The lowest BCUT2D eigenvalue weighted by atomic mass is 10.1. The normalized spacial score (nSPS) is 14.3. The number of methoxy groups -OCH3 is 1. The van der Waals surface area contributed by atoms with Crippen LogP contribution in [0.25, 0.3) is 0 Å². The van der Waals surface area contributed by atoms with E-state index in [1.54, 1.807) is 7.11 Å². The topological polar surface area (TPSA) is 76.4 Å². The summed E-state index contributed by atoms with van der Waals surface area (Å²) in [4.78, 5) is 12.7. The van der Waals surface area contributed by atoms with Crippen molar-refractivity contribution in [1.29, 1.82) is 0 Å². The van der Waals surface area contributed by atoms with Gasteiger partial charge in [-0.15, -0.1) is 11.3 Å². The van der Waals surface area contributed by atoms with E-state index in [2.05, 4.69) is 24.5 Å². The van der Waals surface area contributed by atoms with Crippen molar-refractivity contribution in [3.8, 4) is 5.75 Å². The number of carbonyl (C=O) groups is 1. The molecule has 2 rings (SSSR count). The van der Waals surface area contributed by atoms with Gasteiger partial charge in [0.15, 0.2) is 5.75 Å². The van der Waals surface area contributed by atoms with Crippen LogP contribution in [0.1, 0.15) is 49.2 Å². The van der Waals surface area contributed by atoms with E-state index in [9.17, 15) is 4.79 Å². The molecule has 0 saturated heterocycles. The zero-order chi connectivity index (χ0) is 15.4. The molecule has 0 atom stereocenters. The van der Waals surface area contributed by atoms with Gasteiger partial charge in [-0.1, -0.05) is 13.8 Å². The monoisotopic (exact) mass is 311 g/mol. The van der Waals surface area contributed by atoms with E-state index in [-0.39, 0.29) is 5.91 Å². The van der Waals surface area contributed by atoms with E-state index < -0.39 is 0 Å². The number of hydrogen-bond donors (Lipinski definition) is 3. The summed E-state index contributed by atoms with van der Waals surface area (Å²) in [6.07, 6.45) is 4.39. The predicted octanol–water partition coefficient (Wildman–Crippen LogP) is 3.08. The zero-order valence-corrected chi connectivity index (χ0v) is 13.8. The molecule has 1 heterocycles. The first kappa shape index (κ1) is 15.9. The van der Waals surface area contributed by atoms with E-state index in [1.165, 1.54) is 17.8 Å². The van der Waals surface area contributed by atoms with Gasteiger partial charge in [-0.25, -0.2) is 0 Å². The van der Waals surface area contributed by atoms with Crippen LogP contribution in [-0.4, -0.2) is 25.6 Å². The van der Waals surface area contributed by atoms with Crippen molar-refractivity contribution in [1.82, 2.24) is 5.32 Å². The first-order valence-corrected chi connectivity index (χ1v) is 8.35. The Kier molecular flexibility index (Phi) is 5.33. The van der Waals surface area contributed by atoms with Crippen molar-refractivity contribution >= 4 is 27.9 Å². The minimum Gasteiger partial charge on any atom is -0.492 e. The quantitative estimate of drug-likeness (QED) is 0.645. The maximum atomic E-state index is 12.2. The Hall–Kier alpha value is -1.43. The molecule has 0 unspecified atom stereocenters. The van der Waals surface area contributed by atoms with Gasteiger partial charge in [0.1, 0.15) is 15.6 Å². The van der Waals surface area contributed by atoms with Crippen molar-refractivity contribution < 1.29 is 9.53 Å². The summed E-state index contributed by atoms with van der Waals surface area (Å²) in [7, 11) is 1.58. The third-order valence-electron chi connectivity index (χ3n) is 3.47. The largest absolute Gasteiger partial charge is 0.492 e. The molecular formula is C15H25N3O2S. The van der Waals surface area contributed by atoms with Gasteiger partial charge < -0.3 is 21.1 Å². The number of carbonyl (C=O) groups excluding carboxylic acids is 1. The van der Waals surface area contributed by atoms with Crippen LogP contribution >= 0.6 is 11.3 Å². The summed E-state index contributed by atoms with van der Waals surface area (Å²) in [5.74, 6) is 1.20. The molecule has 1 amide bonds. The number of amides is 1. The summed E-state index contributed by atoms with van der Waals surface area (Å²) < 4.78 is 5.35. The fourth-order valence-electron chi connectivity index (χ4n) is 2.11. The highest BCUT2D eigenvalue weighted by molar-refractivity contribution is 7.19. The van der Waals surface area contributed by atoms with E-state index in [1.807, 2.05) is 0 Å². The predicted molar refractivity (Wildman–Crippen MR) is 88.3 cm³/mol. The molecule has 5 nitrogen and oxygen atoms in total. The Morgan fingerprint density at radius 3 is 2.76 bits per heavy atom. The summed E-state index contributed by atoms with van der Waals surface area (Å²) in [5.41, 5.74) is 6.49. The van der Waals surface area contributed by atoms with Gasteiger partial charge >= 0.3 is 0 Å². The molecular weight excluding hydrogens is 286 g/mol. The number of nitrogens with one attached hydrogen (secondary N) is 2. The average Bonchev–Trinajstić information content (AvgIpc) is 3.17. The highest BCUT2D eigenvalue weighted by Crippen LogP contribution is 2.42. The van der Waals surface area contributed by atoms with Crippen LogP contribution in [-0.2, 0) is 0 Å². The fraction of sp³-hybridized carbons (Fsp3) is 0.667. The van der Waals surface area contributed by atoms with Crippen molar-refractivity contribution in [3.05, 3.63) is 4.88 Å². The highest BCUT2D eigenvalue weighted by atomic mass is 32.1. The standard InChI is InChI=1S/C15H25N3O2S/c1-9(2)5-4-8-17-15-12(20-3)11(16)13(21-15)14(19)18-10-6-7-10/h9-10,17H,4-8,16H2,1-3H3,(H,18,19). The average molecular weight is 311 g/mol. The Morgan fingerprint density at radius 2 is 2.19 bits per heavy atom. The molecule has 1 aliphatic carbocycles. The molecule has 6 heteroatoms. The van der Waals surface area contributed by atoms with Crippen LogP contribution in [0.5, 0.6) is 5.75 Å². The van der Waals surface area contributed by atoms with Gasteiger partial charge in [-0.05, 0) is 31.6 Å². The van der Waals surface area contributed by atoms with Crippen LogP contribution in [0.3, 0.4) is 0 Å². The molecule has 1 aromatic rings. The zero-order valence-electron chi connectivity index (χ0n) is 13.0. The third kappa shape index (κ3) is 4.27. The highest BCUT2D eigenvalue weighted by Gasteiger charge is 2.27. The van der Waals surface area contributed by atoms with Gasteiger partial charge in [0, 0.05) is 12.6 Å². The molecule has 4 N–H and O–H groups in total. The molecule has 0 spiro atoms. The maximum absolute atomic E-state index is 12.2. The number of hydrogen-bond acceptors (Lipinski definition) is 5. The molecule has 1 fully saturated rings. The Balaban J connectivity index is 2.00. The Bertz CT molecular complexity index is 495. The lowest BCUT2D eigenvalue weighted by molar-refractivity contribution is 0.0956. The minimum atomic E-state index is -0.0893. The first-order valence-electron chi connectivity index (χ1n) is 7.54. The van der Waals surface area contributed by atoms with E-state index in [0.29, 0.717) is 28.3 Å². The summed E-state index contributed by atoms with van der Waals surface area (Å²) in [6.45, 7) is 5.28. The van der Waals surface area contributed by atoms with Gasteiger partial charge in [-0.2, -0.15) is 0 Å². The molecule has 1 aliphatic rings. The second kappa shape index (κ2) is 7.02. The summed E-state index contributed by atoms with van der Waals surface area (Å²) in [6, 6.07) is 0.326. The van der Waals surface area contributed by atoms with Gasteiger partial charge in [0.05, 0.1) is 7.11 Å². The maximum Gasteiger partial charge on any atom is 0.263 e. The van der Waals surface area contributed by atoms with Gasteiger partial charge in [0.2, 0.25) is 0 Å². The van der Waals surface area contributed by atoms with E-state index in [0.717, 1.165) is 30.8 Å². The number of ether oxygens (including phenoxy) is 1. The molecule has 1 saturated carbocycles. The Labute approximate surface area is 130 Å². The van der Waals surface area contributed by atoms with E-state index >= 15 is 0 Å². The van der Waals surface area contributed by atoms with Crippen molar-refractivity contribution in [2.24, 2.45) is 5.92 Å². The number of anilines is 2. The molecule has 118 valence electrons. The van der Waals surface area contributed by atoms with Crippen molar-refractivity contribution in [2.75, 3.05) is 24.7 Å². The summed E-state index contributed by atoms with van der Waals surface area (Å²) >= 11 is 1.37. The SMILES string of the molecule is COc1c(NCCCC(C)C)sc(C(=O)NC2CC2)c1N. The van der Waals surface area contributed by atoms with Gasteiger partial charge in [-0.3, -0.25) is 4.79 Å². The smallest absolute Gasteiger partial charge is 0.263 e. The van der Waals surface area contributed by atoms with Crippen LogP contribution in [0.15, 0.2) is 0 Å². The minimum absolute atomic E-state index is 0.0893. The molecule has 0 bridgehead atoms. The van der Waals surface area contributed by atoms with Crippen LogP contribution in [0, 0.1) is 5.92 Å².